The van der Waals surface area contributed by atoms with Crippen LogP contribution in [0, 0.1) is 0 Å². The predicted octanol–water partition coefficient (Wildman–Crippen LogP) is 2.30. The van der Waals surface area contributed by atoms with E-state index in [1.54, 1.807) is 0 Å². The van der Waals surface area contributed by atoms with Crippen LogP contribution in [0.5, 0.6) is 5.75 Å². The SMILES string of the molecule is C1=Cc2ccccc2OC2=C1NCC2. The predicted molar refractivity (Wildman–Crippen MR) is 55.7 cm³/mol. The molecule has 0 radical (unpaired) electrons. The summed E-state index contributed by atoms with van der Waals surface area (Å²) in [7, 11) is 0. The molecule has 1 aromatic carbocycles. The van der Waals surface area contributed by atoms with Gasteiger partial charge in [-0.2, -0.15) is 0 Å². The van der Waals surface area contributed by atoms with E-state index in [-0.39, 0.29) is 0 Å². The van der Waals surface area contributed by atoms with Gasteiger partial charge in [0.25, 0.3) is 0 Å². The second-order valence-corrected chi connectivity index (χ2v) is 3.49. The van der Waals surface area contributed by atoms with Crippen molar-refractivity contribution in [1.29, 1.82) is 0 Å². The third kappa shape index (κ3) is 1.11. The molecule has 0 fully saturated rings. The van der Waals surface area contributed by atoms with Crippen LogP contribution < -0.4 is 10.1 Å². The highest BCUT2D eigenvalue weighted by molar-refractivity contribution is 5.62. The summed E-state index contributed by atoms with van der Waals surface area (Å²) in [5.74, 6) is 2.02. The van der Waals surface area contributed by atoms with Gasteiger partial charge in [-0.1, -0.05) is 18.2 Å². The fourth-order valence-corrected chi connectivity index (χ4v) is 1.82. The molecule has 0 aromatic heterocycles. The largest absolute Gasteiger partial charge is 0.459 e. The zero-order valence-corrected chi connectivity index (χ0v) is 7.79. The molecule has 2 aliphatic rings. The number of benzene rings is 1. The van der Waals surface area contributed by atoms with Gasteiger partial charge in [0.2, 0.25) is 0 Å². The van der Waals surface area contributed by atoms with E-state index in [0.717, 1.165) is 35.7 Å². The lowest BCUT2D eigenvalue weighted by atomic mass is 10.2. The Morgan fingerprint density at radius 3 is 3.07 bits per heavy atom. The number of hydrogen-bond acceptors (Lipinski definition) is 2. The minimum atomic E-state index is 0.956. The van der Waals surface area contributed by atoms with E-state index < -0.39 is 0 Å². The van der Waals surface area contributed by atoms with Gasteiger partial charge in [-0.25, -0.2) is 0 Å². The summed E-state index contributed by atoms with van der Waals surface area (Å²) >= 11 is 0. The van der Waals surface area contributed by atoms with Crippen molar-refractivity contribution in [1.82, 2.24) is 5.32 Å². The maximum absolute atomic E-state index is 5.84. The molecule has 70 valence electrons. The Kier molecular flexibility index (Phi) is 1.60. The Bertz CT molecular complexity index is 432. The van der Waals surface area contributed by atoms with E-state index in [0.29, 0.717) is 0 Å². The molecule has 0 saturated heterocycles. The van der Waals surface area contributed by atoms with Crippen LogP contribution >= 0.6 is 0 Å². The first kappa shape index (κ1) is 7.68. The quantitative estimate of drug-likeness (QED) is 0.669. The summed E-state index contributed by atoms with van der Waals surface area (Å²) in [6.07, 6.45) is 5.16. The molecule has 2 heterocycles. The van der Waals surface area contributed by atoms with Gasteiger partial charge in [0, 0.05) is 18.5 Å². The van der Waals surface area contributed by atoms with Crippen LogP contribution in [-0.2, 0) is 0 Å². The van der Waals surface area contributed by atoms with Gasteiger partial charge in [-0.05, 0) is 18.2 Å². The van der Waals surface area contributed by atoms with Gasteiger partial charge in [0.15, 0.2) is 0 Å². The van der Waals surface area contributed by atoms with Crippen molar-refractivity contribution in [3.8, 4) is 5.75 Å². The average molecular weight is 185 g/mol. The fourth-order valence-electron chi connectivity index (χ4n) is 1.82. The summed E-state index contributed by atoms with van der Waals surface area (Å²) in [6.45, 7) is 0.983. The van der Waals surface area contributed by atoms with Crippen LogP contribution in [0.4, 0.5) is 0 Å². The molecule has 3 rings (SSSR count). The van der Waals surface area contributed by atoms with Gasteiger partial charge < -0.3 is 10.1 Å². The normalized spacial score (nSPS) is 18.0. The van der Waals surface area contributed by atoms with Crippen molar-refractivity contribution in [2.75, 3.05) is 6.54 Å². The van der Waals surface area contributed by atoms with Crippen molar-refractivity contribution in [2.24, 2.45) is 0 Å². The Balaban J connectivity index is 2.09. The van der Waals surface area contributed by atoms with E-state index >= 15 is 0 Å². The Morgan fingerprint density at radius 2 is 2.07 bits per heavy atom. The lowest BCUT2D eigenvalue weighted by Crippen LogP contribution is -2.04. The van der Waals surface area contributed by atoms with Crippen molar-refractivity contribution in [3.63, 3.8) is 0 Å². The molecule has 2 aliphatic heterocycles. The molecular weight excluding hydrogens is 174 g/mol. The van der Waals surface area contributed by atoms with Crippen molar-refractivity contribution in [2.45, 2.75) is 6.42 Å². The minimum Gasteiger partial charge on any atom is -0.459 e. The molecule has 0 bridgehead atoms. The number of hydrogen-bond donors (Lipinski definition) is 1. The number of ether oxygens (including phenoxy) is 1. The maximum atomic E-state index is 5.84. The van der Waals surface area contributed by atoms with Crippen molar-refractivity contribution in [3.05, 3.63) is 47.4 Å². The summed E-state index contributed by atoms with van der Waals surface area (Å²) in [5, 5.41) is 3.30. The Morgan fingerprint density at radius 1 is 1.14 bits per heavy atom. The lowest BCUT2D eigenvalue weighted by Gasteiger charge is -2.07. The van der Waals surface area contributed by atoms with Gasteiger partial charge in [0.1, 0.15) is 11.5 Å². The van der Waals surface area contributed by atoms with Crippen molar-refractivity contribution < 1.29 is 4.74 Å². The standard InChI is InChI=1S/C12H11NO/c1-2-4-11-9(3-1)5-6-10-12(14-11)7-8-13-10/h1-6,13H,7-8H2. The zero-order valence-electron chi connectivity index (χ0n) is 7.79. The Labute approximate surface area is 82.9 Å². The molecule has 2 heteroatoms. The zero-order chi connectivity index (χ0) is 9.38. The van der Waals surface area contributed by atoms with Gasteiger partial charge >= 0.3 is 0 Å². The van der Waals surface area contributed by atoms with Gasteiger partial charge in [-0.15, -0.1) is 0 Å². The number of para-hydroxylation sites is 1. The molecule has 2 nitrogen and oxygen atoms in total. The summed E-state index contributed by atoms with van der Waals surface area (Å²) in [4.78, 5) is 0. The number of allylic oxidation sites excluding steroid dienone is 1. The van der Waals surface area contributed by atoms with E-state index in [2.05, 4.69) is 23.5 Å². The maximum Gasteiger partial charge on any atom is 0.134 e. The summed E-state index contributed by atoms with van der Waals surface area (Å²) in [5.41, 5.74) is 2.27. The van der Waals surface area contributed by atoms with Crippen LogP contribution in [0.25, 0.3) is 6.08 Å². The first-order valence-corrected chi connectivity index (χ1v) is 4.85. The molecule has 0 unspecified atom stereocenters. The first-order valence-electron chi connectivity index (χ1n) is 4.85. The van der Waals surface area contributed by atoms with E-state index in [4.69, 9.17) is 4.74 Å². The average Bonchev–Trinajstić information content (AvgIpc) is 2.58. The van der Waals surface area contributed by atoms with E-state index in [1.165, 1.54) is 0 Å². The first-order chi connectivity index (χ1) is 6.93. The highest BCUT2D eigenvalue weighted by atomic mass is 16.5. The fraction of sp³-hybridized carbons (Fsp3) is 0.167. The molecule has 0 atom stereocenters. The molecule has 14 heavy (non-hydrogen) atoms. The summed E-state index contributed by atoms with van der Waals surface area (Å²) < 4.78 is 5.84. The number of rotatable bonds is 0. The van der Waals surface area contributed by atoms with E-state index in [1.807, 2.05) is 18.2 Å². The van der Waals surface area contributed by atoms with Crippen LogP contribution in [0.2, 0.25) is 0 Å². The van der Waals surface area contributed by atoms with Crippen LogP contribution in [0.1, 0.15) is 12.0 Å². The molecule has 1 aromatic rings. The third-order valence-corrected chi connectivity index (χ3v) is 2.55. The van der Waals surface area contributed by atoms with E-state index in [9.17, 15) is 0 Å². The van der Waals surface area contributed by atoms with Gasteiger partial charge in [-0.3, -0.25) is 0 Å². The molecule has 0 aliphatic carbocycles. The number of nitrogens with one attached hydrogen (secondary N) is 1. The topological polar surface area (TPSA) is 21.3 Å². The lowest BCUT2D eigenvalue weighted by molar-refractivity contribution is 0.412. The highest BCUT2D eigenvalue weighted by Crippen LogP contribution is 2.29. The number of fused-ring (bicyclic) bond motifs is 1. The summed E-state index contributed by atoms with van der Waals surface area (Å²) in [6, 6.07) is 8.10. The monoisotopic (exact) mass is 185 g/mol. The molecular formula is C12H11NO. The molecule has 0 saturated carbocycles. The second-order valence-electron chi connectivity index (χ2n) is 3.49. The van der Waals surface area contributed by atoms with Crippen LogP contribution in [-0.4, -0.2) is 6.54 Å². The van der Waals surface area contributed by atoms with Crippen LogP contribution in [0.3, 0.4) is 0 Å². The molecule has 0 amide bonds. The van der Waals surface area contributed by atoms with Crippen LogP contribution in [0.15, 0.2) is 41.8 Å². The Hall–Kier alpha value is -1.70. The minimum absolute atomic E-state index is 0.956. The highest BCUT2D eigenvalue weighted by Gasteiger charge is 2.17. The van der Waals surface area contributed by atoms with Gasteiger partial charge in [0.05, 0.1) is 5.70 Å². The smallest absolute Gasteiger partial charge is 0.134 e. The molecule has 0 spiro atoms. The molecule has 1 N–H and O–H groups in total. The second kappa shape index (κ2) is 2.91. The third-order valence-electron chi connectivity index (χ3n) is 2.55. The van der Waals surface area contributed by atoms with Crippen molar-refractivity contribution >= 4 is 6.08 Å².